The molecular formula is C12H18N4O2S. The molecular weight excluding hydrogens is 264 g/mol. The van der Waals surface area contributed by atoms with E-state index in [0.717, 1.165) is 12.2 Å². The summed E-state index contributed by atoms with van der Waals surface area (Å²) in [4.78, 5) is 32.3. The van der Waals surface area contributed by atoms with Gasteiger partial charge in [0, 0.05) is 26.2 Å². The van der Waals surface area contributed by atoms with E-state index in [1.54, 1.807) is 10.4 Å². The Balaban J connectivity index is 2.17. The van der Waals surface area contributed by atoms with Crippen LogP contribution in [0.1, 0.15) is 15.4 Å². The summed E-state index contributed by atoms with van der Waals surface area (Å²) in [7, 11) is 1.93. The van der Waals surface area contributed by atoms with E-state index in [1.165, 1.54) is 11.3 Å². The molecule has 2 N–H and O–H groups in total. The van der Waals surface area contributed by atoms with Gasteiger partial charge < -0.3 is 15.5 Å². The maximum absolute atomic E-state index is 12.4. The number of thiazole rings is 1. The highest BCUT2D eigenvalue weighted by molar-refractivity contribution is 7.11. The van der Waals surface area contributed by atoms with E-state index in [2.05, 4.69) is 4.98 Å². The second-order valence-corrected chi connectivity index (χ2v) is 5.73. The number of hydrogen-bond acceptors (Lipinski definition) is 5. The first kappa shape index (κ1) is 14.0. The van der Waals surface area contributed by atoms with Crippen LogP contribution in [-0.2, 0) is 4.79 Å². The van der Waals surface area contributed by atoms with Crippen molar-refractivity contribution in [2.24, 2.45) is 11.7 Å². The van der Waals surface area contributed by atoms with Crippen molar-refractivity contribution in [1.29, 1.82) is 0 Å². The SMILES string of the molecule is Cc1ncsc1C(=O)N1CCN(C)C[C@@H](C(N)=O)C1. The molecule has 6 nitrogen and oxygen atoms in total. The molecule has 2 amide bonds. The third-order valence-electron chi connectivity index (χ3n) is 3.35. The number of primary amides is 1. The molecule has 1 aliphatic heterocycles. The average Bonchev–Trinajstić information content (AvgIpc) is 2.67. The minimum Gasteiger partial charge on any atom is -0.369 e. The second-order valence-electron chi connectivity index (χ2n) is 4.88. The molecule has 0 bridgehead atoms. The van der Waals surface area contributed by atoms with Gasteiger partial charge in [0.15, 0.2) is 0 Å². The van der Waals surface area contributed by atoms with Crippen LogP contribution in [0.25, 0.3) is 0 Å². The lowest BCUT2D eigenvalue weighted by atomic mass is 10.1. The zero-order valence-corrected chi connectivity index (χ0v) is 11.9. The Labute approximate surface area is 116 Å². The van der Waals surface area contributed by atoms with Crippen LogP contribution in [0.5, 0.6) is 0 Å². The number of nitrogens with two attached hydrogens (primary N) is 1. The quantitative estimate of drug-likeness (QED) is 0.824. The van der Waals surface area contributed by atoms with E-state index in [4.69, 9.17) is 5.73 Å². The highest BCUT2D eigenvalue weighted by Crippen LogP contribution is 2.17. The number of likely N-dealkylation sites (N-methyl/N-ethyl adjacent to an activating group) is 1. The lowest BCUT2D eigenvalue weighted by Gasteiger charge is -2.22. The Kier molecular flexibility index (Phi) is 4.16. The Morgan fingerprint density at radius 3 is 2.74 bits per heavy atom. The van der Waals surface area contributed by atoms with Gasteiger partial charge in [0.2, 0.25) is 5.91 Å². The molecule has 104 valence electrons. The minimum atomic E-state index is -0.354. The monoisotopic (exact) mass is 282 g/mol. The molecule has 2 heterocycles. The van der Waals surface area contributed by atoms with Crippen LogP contribution in [0.4, 0.5) is 0 Å². The van der Waals surface area contributed by atoms with Crippen LogP contribution in [0.15, 0.2) is 5.51 Å². The van der Waals surface area contributed by atoms with Gasteiger partial charge in [-0.05, 0) is 14.0 Å². The molecule has 1 aromatic rings. The van der Waals surface area contributed by atoms with Crippen LogP contribution in [0.3, 0.4) is 0 Å². The van der Waals surface area contributed by atoms with Gasteiger partial charge in [-0.15, -0.1) is 11.3 Å². The fourth-order valence-electron chi connectivity index (χ4n) is 2.19. The van der Waals surface area contributed by atoms with Gasteiger partial charge in [-0.3, -0.25) is 9.59 Å². The molecule has 7 heteroatoms. The zero-order chi connectivity index (χ0) is 14.0. The second kappa shape index (κ2) is 5.66. The number of carbonyl (C=O) groups excluding carboxylic acids is 2. The molecule has 1 aliphatic rings. The van der Waals surface area contributed by atoms with Crippen LogP contribution >= 0.6 is 11.3 Å². The Bertz CT molecular complexity index is 488. The third kappa shape index (κ3) is 3.10. The standard InChI is InChI=1S/C12H18N4O2S/c1-8-10(19-7-14-8)12(18)16-4-3-15(2)5-9(6-16)11(13)17/h7,9H,3-6H2,1-2H3,(H2,13,17)/t9-/m1/s1. The summed E-state index contributed by atoms with van der Waals surface area (Å²) in [5.74, 6) is -0.723. The molecule has 0 spiro atoms. The van der Waals surface area contributed by atoms with Crippen molar-refractivity contribution in [2.75, 3.05) is 33.2 Å². The number of aromatic nitrogens is 1. The summed E-state index contributed by atoms with van der Waals surface area (Å²) in [6, 6.07) is 0. The molecule has 0 unspecified atom stereocenters. The van der Waals surface area contributed by atoms with E-state index >= 15 is 0 Å². The van der Waals surface area contributed by atoms with Crippen molar-refractivity contribution in [2.45, 2.75) is 6.92 Å². The van der Waals surface area contributed by atoms with E-state index in [9.17, 15) is 9.59 Å². The summed E-state index contributed by atoms with van der Waals surface area (Å²) in [5, 5.41) is 0. The van der Waals surface area contributed by atoms with Gasteiger partial charge in [-0.25, -0.2) is 4.98 Å². The Hall–Kier alpha value is -1.47. The molecule has 0 aliphatic carbocycles. The lowest BCUT2D eigenvalue weighted by Crippen LogP contribution is -2.40. The van der Waals surface area contributed by atoms with Gasteiger partial charge >= 0.3 is 0 Å². The van der Waals surface area contributed by atoms with Crippen molar-refractivity contribution < 1.29 is 9.59 Å². The van der Waals surface area contributed by atoms with Gasteiger partial charge in [-0.2, -0.15) is 0 Å². The normalized spacial score (nSPS) is 21.2. The third-order valence-corrected chi connectivity index (χ3v) is 4.27. The van der Waals surface area contributed by atoms with Crippen molar-refractivity contribution in [3.63, 3.8) is 0 Å². The van der Waals surface area contributed by atoms with Gasteiger partial charge in [0.1, 0.15) is 4.88 Å². The number of carbonyl (C=O) groups is 2. The number of aryl methyl sites for hydroxylation is 1. The van der Waals surface area contributed by atoms with E-state index in [-0.39, 0.29) is 17.7 Å². The van der Waals surface area contributed by atoms with Crippen LogP contribution in [-0.4, -0.2) is 59.8 Å². The molecule has 0 saturated carbocycles. The summed E-state index contributed by atoms with van der Waals surface area (Å²) >= 11 is 1.34. The smallest absolute Gasteiger partial charge is 0.265 e. The molecule has 1 saturated heterocycles. The van der Waals surface area contributed by atoms with Crippen molar-refractivity contribution in [3.05, 3.63) is 16.1 Å². The molecule has 19 heavy (non-hydrogen) atoms. The van der Waals surface area contributed by atoms with Crippen molar-refractivity contribution >= 4 is 23.2 Å². The van der Waals surface area contributed by atoms with Crippen molar-refractivity contribution in [1.82, 2.24) is 14.8 Å². The largest absolute Gasteiger partial charge is 0.369 e. The minimum absolute atomic E-state index is 0.0541. The number of hydrogen-bond donors (Lipinski definition) is 1. The van der Waals surface area contributed by atoms with Crippen LogP contribution < -0.4 is 5.73 Å². The lowest BCUT2D eigenvalue weighted by molar-refractivity contribution is -0.122. The first-order valence-corrected chi connectivity index (χ1v) is 7.04. The number of nitrogens with zero attached hydrogens (tertiary/aromatic N) is 3. The summed E-state index contributed by atoms with van der Waals surface area (Å²) < 4.78 is 0. The zero-order valence-electron chi connectivity index (χ0n) is 11.1. The summed E-state index contributed by atoms with van der Waals surface area (Å²) in [6.45, 7) is 4.15. The highest BCUT2D eigenvalue weighted by atomic mass is 32.1. The van der Waals surface area contributed by atoms with E-state index in [0.29, 0.717) is 24.5 Å². The number of rotatable bonds is 2. The van der Waals surface area contributed by atoms with Gasteiger partial charge in [0.05, 0.1) is 17.1 Å². The molecule has 1 fully saturated rings. The van der Waals surface area contributed by atoms with Crippen molar-refractivity contribution in [3.8, 4) is 0 Å². The average molecular weight is 282 g/mol. The summed E-state index contributed by atoms with van der Waals surface area (Å²) in [6.07, 6.45) is 0. The number of amides is 2. The van der Waals surface area contributed by atoms with Crippen LogP contribution in [0, 0.1) is 12.8 Å². The molecule has 0 aromatic carbocycles. The highest BCUT2D eigenvalue weighted by Gasteiger charge is 2.29. The Morgan fingerprint density at radius 1 is 1.42 bits per heavy atom. The van der Waals surface area contributed by atoms with E-state index in [1.807, 2.05) is 18.9 Å². The molecule has 1 atom stereocenters. The maximum atomic E-state index is 12.4. The predicted molar refractivity (Wildman–Crippen MR) is 72.9 cm³/mol. The molecule has 2 rings (SSSR count). The molecule has 1 aromatic heterocycles. The fraction of sp³-hybridized carbons (Fsp3) is 0.583. The van der Waals surface area contributed by atoms with Gasteiger partial charge in [-0.1, -0.05) is 0 Å². The predicted octanol–water partition coefficient (Wildman–Crippen LogP) is -0.0594. The van der Waals surface area contributed by atoms with Crippen LogP contribution in [0.2, 0.25) is 0 Å². The fourth-order valence-corrected chi connectivity index (χ4v) is 2.96. The maximum Gasteiger partial charge on any atom is 0.265 e. The first-order chi connectivity index (χ1) is 8.99. The summed E-state index contributed by atoms with van der Waals surface area (Å²) in [5.41, 5.74) is 7.80. The van der Waals surface area contributed by atoms with Gasteiger partial charge in [0.25, 0.3) is 5.91 Å². The topological polar surface area (TPSA) is 79.5 Å². The first-order valence-electron chi connectivity index (χ1n) is 6.16. The molecule has 0 radical (unpaired) electrons. The van der Waals surface area contributed by atoms with E-state index < -0.39 is 0 Å². The Morgan fingerprint density at radius 2 is 2.16 bits per heavy atom.